The third-order valence-electron chi connectivity index (χ3n) is 6.62. The number of ether oxygens (including phenoxy) is 4. The number of aryl methyl sites for hydroxylation is 3. The lowest BCUT2D eigenvalue weighted by Crippen LogP contribution is -2.21. The number of anilines is 1. The Bertz CT molecular complexity index is 1580. The van der Waals surface area contributed by atoms with Crippen LogP contribution < -0.4 is 5.73 Å². The molecule has 0 aliphatic heterocycles. The van der Waals surface area contributed by atoms with Crippen LogP contribution >= 0.6 is 23.2 Å². The Labute approximate surface area is 285 Å². The van der Waals surface area contributed by atoms with Crippen molar-refractivity contribution in [1.82, 2.24) is 39.0 Å². The molecular weight excluding hydrogens is 673 g/mol. The van der Waals surface area contributed by atoms with Gasteiger partial charge in [0, 0.05) is 52.6 Å². The fourth-order valence-corrected chi connectivity index (χ4v) is 4.75. The predicted octanol–water partition coefficient (Wildman–Crippen LogP) is 3.12. The Balaban J connectivity index is 0.000000260. The van der Waals surface area contributed by atoms with Gasteiger partial charge in [-0.3, -0.25) is 19.2 Å². The molecule has 0 fully saturated rings. The minimum absolute atomic E-state index is 0.0608. The number of fused-ring (bicyclic) bond motifs is 2. The zero-order valence-corrected chi connectivity index (χ0v) is 28.7. The second-order valence-electron chi connectivity index (χ2n) is 10.7. The number of esters is 4. The minimum Gasteiger partial charge on any atom is -0.465 e. The first-order valence-electron chi connectivity index (χ1n) is 14.8. The molecule has 0 aromatic carbocycles. The fraction of sp³-hybridized carbons (Fsp3) is 0.517. The summed E-state index contributed by atoms with van der Waals surface area (Å²) in [5.74, 6) is -1.15. The van der Waals surface area contributed by atoms with E-state index in [1.54, 1.807) is 24.1 Å². The van der Waals surface area contributed by atoms with Gasteiger partial charge in [0.1, 0.15) is 16.9 Å². The molecule has 4 aromatic heterocycles. The van der Waals surface area contributed by atoms with Crippen LogP contribution in [-0.4, -0.2) is 89.3 Å². The molecule has 19 heteroatoms. The average Bonchev–Trinajstić information content (AvgIpc) is 3.60. The molecule has 0 unspecified atom stereocenters. The molecule has 0 aliphatic rings. The maximum atomic E-state index is 11.0. The lowest BCUT2D eigenvalue weighted by Gasteiger charge is -2.16. The van der Waals surface area contributed by atoms with E-state index >= 15 is 0 Å². The molecule has 48 heavy (non-hydrogen) atoms. The third-order valence-corrected chi connectivity index (χ3v) is 7.14. The predicted molar refractivity (Wildman–Crippen MR) is 173 cm³/mol. The van der Waals surface area contributed by atoms with Gasteiger partial charge in [-0.05, 0) is 19.8 Å². The van der Waals surface area contributed by atoms with Gasteiger partial charge in [-0.15, -0.1) is 0 Å². The van der Waals surface area contributed by atoms with Gasteiger partial charge in [0.15, 0.2) is 21.6 Å². The molecule has 0 atom stereocenters. The Morgan fingerprint density at radius 3 is 1.44 bits per heavy atom. The zero-order valence-electron chi connectivity index (χ0n) is 27.1. The monoisotopic (exact) mass is 709 g/mol. The van der Waals surface area contributed by atoms with Crippen molar-refractivity contribution in [3.05, 3.63) is 28.8 Å². The van der Waals surface area contributed by atoms with Crippen LogP contribution in [0.5, 0.6) is 0 Å². The SMILES string of the molecule is CC(=O)OCC(CCn1cnc2c(Cl)nc(C)nc21)COC(C)=O.CC(=O)OCC(CCn1cnc2c(Cl)nc(N)nc21)COC(C)=O. The van der Waals surface area contributed by atoms with Gasteiger partial charge in [0.2, 0.25) is 5.95 Å². The van der Waals surface area contributed by atoms with Gasteiger partial charge in [-0.1, -0.05) is 23.2 Å². The van der Waals surface area contributed by atoms with E-state index in [0.29, 0.717) is 59.2 Å². The molecule has 0 amide bonds. The molecule has 0 bridgehead atoms. The van der Waals surface area contributed by atoms with Gasteiger partial charge in [-0.2, -0.15) is 9.97 Å². The van der Waals surface area contributed by atoms with E-state index in [1.165, 1.54) is 27.7 Å². The minimum atomic E-state index is -0.386. The van der Waals surface area contributed by atoms with E-state index in [2.05, 4.69) is 29.9 Å². The van der Waals surface area contributed by atoms with Crippen molar-refractivity contribution in [3.63, 3.8) is 0 Å². The van der Waals surface area contributed by atoms with Crippen molar-refractivity contribution in [2.24, 2.45) is 11.8 Å². The zero-order chi connectivity index (χ0) is 35.4. The number of carbonyl (C=O) groups is 4. The molecule has 4 heterocycles. The number of aromatic nitrogens is 8. The highest BCUT2D eigenvalue weighted by atomic mass is 35.5. The molecule has 0 radical (unpaired) electrons. The van der Waals surface area contributed by atoms with Gasteiger partial charge in [0.05, 0.1) is 39.1 Å². The molecule has 0 aliphatic carbocycles. The van der Waals surface area contributed by atoms with Crippen molar-refractivity contribution in [2.45, 2.75) is 60.5 Å². The molecule has 4 rings (SSSR count). The largest absolute Gasteiger partial charge is 0.465 e. The van der Waals surface area contributed by atoms with Crippen LogP contribution in [0.1, 0.15) is 46.4 Å². The van der Waals surface area contributed by atoms with Crippen LogP contribution in [0.4, 0.5) is 5.95 Å². The third kappa shape index (κ3) is 11.9. The van der Waals surface area contributed by atoms with Gasteiger partial charge >= 0.3 is 23.9 Å². The Hall–Kier alpha value is -4.64. The number of carbonyl (C=O) groups excluding carboxylic acids is 4. The van der Waals surface area contributed by atoms with Crippen LogP contribution in [-0.2, 0) is 51.2 Å². The lowest BCUT2D eigenvalue weighted by molar-refractivity contribution is -0.148. The normalized spacial score (nSPS) is 11.0. The summed E-state index contributed by atoms with van der Waals surface area (Å²) in [6, 6.07) is 0. The van der Waals surface area contributed by atoms with E-state index in [1.807, 2.05) is 4.57 Å². The molecule has 0 spiro atoms. The summed E-state index contributed by atoms with van der Waals surface area (Å²) in [6.07, 6.45) is 4.42. The lowest BCUT2D eigenvalue weighted by atomic mass is 10.1. The van der Waals surface area contributed by atoms with Gasteiger partial charge in [-0.25, -0.2) is 19.9 Å². The van der Waals surface area contributed by atoms with E-state index in [0.717, 1.165) is 0 Å². The molecule has 260 valence electrons. The van der Waals surface area contributed by atoms with Crippen LogP contribution in [0, 0.1) is 18.8 Å². The highest BCUT2D eigenvalue weighted by molar-refractivity contribution is 6.33. The highest BCUT2D eigenvalue weighted by Crippen LogP contribution is 2.21. The maximum absolute atomic E-state index is 11.0. The topological polar surface area (TPSA) is 218 Å². The summed E-state index contributed by atoms with van der Waals surface area (Å²) in [4.78, 5) is 68.7. The summed E-state index contributed by atoms with van der Waals surface area (Å²) < 4.78 is 23.7. The van der Waals surface area contributed by atoms with Crippen LogP contribution in [0.2, 0.25) is 10.3 Å². The second-order valence-corrected chi connectivity index (χ2v) is 11.4. The maximum Gasteiger partial charge on any atom is 0.302 e. The van der Waals surface area contributed by atoms with Gasteiger partial charge in [0.25, 0.3) is 0 Å². The van der Waals surface area contributed by atoms with Crippen LogP contribution in [0.25, 0.3) is 22.3 Å². The van der Waals surface area contributed by atoms with Crippen LogP contribution in [0.3, 0.4) is 0 Å². The van der Waals surface area contributed by atoms with Crippen molar-refractivity contribution >= 4 is 75.4 Å². The molecule has 0 saturated carbocycles. The first-order chi connectivity index (χ1) is 22.7. The number of imidazole rings is 2. The second kappa shape index (κ2) is 18.1. The van der Waals surface area contributed by atoms with E-state index in [4.69, 9.17) is 47.9 Å². The van der Waals surface area contributed by atoms with Crippen molar-refractivity contribution in [3.8, 4) is 0 Å². The Morgan fingerprint density at radius 1 is 0.667 bits per heavy atom. The molecule has 4 aromatic rings. The van der Waals surface area contributed by atoms with Crippen molar-refractivity contribution < 1.29 is 38.1 Å². The molecule has 2 N–H and O–H groups in total. The first-order valence-corrected chi connectivity index (χ1v) is 15.5. The fourth-order valence-electron chi connectivity index (χ4n) is 4.28. The highest BCUT2D eigenvalue weighted by Gasteiger charge is 2.17. The first kappa shape index (κ1) is 37.8. The van der Waals surface area contributed by atoms with Gasteiger partial charge < -0.3 is 33.8 Å². The van der Waals surface area contributed by atoms with E-state index < -0.39 is 0 Å². The number of hydrogen-bond acceptors (Lipinski definition) is 15. The van der Waals surface area contributed by atoms with Crippen LogP contribution in [0.15, 0.2) is 12.7 Å². The smallest absolute Gasteiger partial charge is 0.302 e. The summed E-state index contributed by atoms with van der Waals surface area (Å²) >= 11 is 12.1. The molecular formula is C29H37Cl2N9O8. The standard InChI is InChI=1S/C15H19ClN4O4.C14H18ClN5O4/c1-9-18-14(16)13-15(19-9)20(8-17-13)5-4-12(6-23-10(2)21)7-24-11(3)22;1-8(21)23-5-10(6-24-9(2)22)3-4-20-7-17-11-12(15)18-14(16)19-13(11)20/h8,12H,4-7H2,1-3H3;7,10H,3-6H2,1-2H3,(H2,16,18,19). The number of rotatable bonds is 14. The quantitative estimate of drug-likeness (QED) is 0.113. The van der Waals surface area contributed by atoms with Crippen molar-refractivity contribution in [2.75, 3.05) is 32.2 Å². The number of hydrogen-bond donors (Lipinski definition) is 1. The summed E-state index contributed by atoms with van der Waals surface area (Å²) in [5.41, 5.74) is 7.77. The molecule has 0 saturated heterocycles. The Kier molecular flexibility index (Phi) is 14.2. The number of nitrogens with zero attached hydrogens (tertiary/aromatic N) is 8. The Morgan fingerprint density at radius 2 is 1.04 bits per heavy atom. The van der Waals surface area contributed by atoms with Crippen molar-refractivity contribution in [1.29, 1.82) is 0 Å². The summed E-state index contributed by atoms with van der Waals surface area (Å²) in [6.45, 7) is 8.86. The summed E-state index contributed by atoms with van der Waals surface area (Å²) in [7, 11) is 0. The van der Waals surface area contributed by atoms with E-state index in [9.17, 15) is 19.2 Å². The average molecular weight is 711 g/mol. The number of nitrogens with two attached hydrogens (primary N) is 1. The van der Waals surface area contributed by atoms with E-state index in [-0.39, 0.29) is 73.2 Å². The number of nitrogen functional groups attached to an aromatic ring is 1. The molecule has 17 nitrogen and oxygen atoms in total. The number of halogens is 2. The summed E-state index contributed by atoms with van der Waals surface area (Å²) in [5, 5.41) is 0.500.